The molecule has 2 saturated carbocycles. The van der Waals surface area contributed by atoms with E-state index in [0.29, 0.717) is 35.7 Å². The maximum absolute atomic E-state index is 12.5. The molecule has 0 amide bonds. The van der Waals surface area contributed by atoms with Gasteiger partial charge in [0.15, 0.2) is 0 Å². The van der Waals surface area contributed by atoms with Gasteiger partial charge in [0.25, 0.3) is 0 Å². The van der Waals surface area contributed by atoms with E-state index in [-0.39, 0.29) is 35.0 Å². The van der Waals surface area contributed by atoms with Gasteiger partial charge in [-0.25, -0.2) is 0 Å². The molecule has 8 nitrogen and oxygen atoms in total. The Morgan fingerprint density at radius 1 is 1.12 bits per heavy atom. The van der Waals surface area contributed by atoms with Gasteiger partial charge in [0.2, 0.25) is 6.29 Å². The zero-order chi connectivity index (χ0) is 22.8. The molecule has 1 aliphatic heterocycles. The average molecular weight is 468 g/mol. The van der Waals surface area contributed by atoms with E-state index in [9.17, 15) is 30.0 Å². The van der Waals surface area contributed by atoms with E-state index in [1.165, 1.54) is 5.56 Å². The van der Waals surface area contributed by atoms with Crippen LogP contribution in [0.5, 0.6) is 5.75 Å². The van der Waals surface area contributed by atoms with Crippen LogP contribution in [-0.4, -0.2) is 57.8 Å². The molecule has 1 heterocycles. The van der Waals surface area contributed by atoms with Crippen molar-refractivity contribution in [3.05, 3.63) is 29.3 Å². The summed E-state index contributed by atoms with van der Waals surface area (Å²) in [5, 5.41) is 41.2. The molecule has 3 fully saturated rings. The number of aliphatic hydroxyl groups excluding tert-OH is 3. The van der Waals surface area contributed by atoms with Gasteiger partial charge >= 0.3 is 29.6 Å². The predicted octanol–water partition coefficient (Wildman–Crippen LogP) is -2.95. The van der Waals surface area contributed by atoms with Crippen molar-refractivity contribution in [3.8, 4) is 5.75 Å². The number of ketones is 1. The van der Waals surface area contributed by atoms with E-state index >= 15 is 0 Å². The number of hydrogen-bond donors (Lipinski definition) is 3. The molecule has 3 N–H and O–H groups in total. The fraction of sp³-hybridized carbons (Fsp3) is 0.667. The SMILES string of the molecule is C[C@]12CC[C@H]3c4ccc(OC5OC(C(=O)[O-])C(O)C(O)C5O)cc4CC[C@H]3[C@@H]1CCC2=O.[Na+]. The van der Waals surface area contributed by atoms with E-state index in [4.69, 9.17) is 9.47 Å². The fourth-order valence-corrected chi connectivity index (χ4v) is 6.68. The van der Waals surface area contributed by atoms with E-state index in [0.717, 1.165) is 37.7 Å². The van der Waals surface area contributed by atoms with Crippen LogP contribution in [0.3, 0.4) is 0 Å². The van der Waals surface area contributed by atoms with Crippen molar-refractivity contribution in [3.63, 3.8) is 0 Å². The number of hydrogen-bond acceptors (Lipinski definition) is 8. The van der Waals surface area contributed by atoms with E-state index in [2.05, 4.69) is 6.92 Å². The Labute approximate surface area is 214 Å². The normalized spacial score (nSPS) is 41.9. The van der Waals surface area contributed by atoms with Crippen molar-refractivity contribution in [1.29, 1.82) is 0 Å². The fourth-order valence-electron chi connectivity index (χ4n) is 6.68. The third-order valence-corrected chi connectivity index (χ3v) is 8.46. The number of rotatable bonds is 3. The molecule has 4 aliphatic rings. The van der Waals surface area contributed by atoms with Gasteiger partial charge in [0, 0.05) is 11.8 Å². The van der Waals surface area contributed by atoms with E-state index in [1.807, 2.05) is 12.1 Å². The van der Waals surface area contributed by atoms with Crippen molar-refractivity contribution < 1.29 is 69.0 Å². The number of ether oxygens (including phenoxy) is 2. The van der Waals surface area contributed by atoms with Crippen LogP contribution in [0.25, 0.3) is 0 Å². The van der Waals surface area contributed by atoms with E-state index < -0.39 is 36.7 Å². The smallest absolute Gasteiger partial charge is 0.547 e. The van der Waals surface area contributed by atoms with Gasteiger partial charge in [-0.3, -0.25) is 4.79 Å². The molecule has 0 bridgehead atoms. The van der Waals surface area contributed by atoms with Gasteiger partial charge in [-0.1, -0.05) is 13.0 Å². The number of carbonyl (C=O) groups is 2. The number of carboxylic acids is 1. The Hall–Kier alpha value is -1.000. The molecule has 0 spiro atoms. The Balaban J connectivity index is 0.00000259. The molecule has 1 aromatic carbocycles. The molecule has 9 atom stereocenters. The molecule has 5 unspecified atom stereocenters. The summed E-state index contributed by atoms with van der Waals surface area (Å²) < 4.78 is 10.9. The minimum atomic E-state index is -1.81. The Bertz CT molecular complexity index is 937. The number of aliphatic carboxylic acids is 1. The summed E-state index contributed by atoms with van der Waals surface area (Å²) in [6.07, 6.45) is -2.97. The molecule has 1 saturated heterocycles. The molecular weight excluding hydrogens is 439 g/mol. The van der Waals surface area contributed by atoms with Gasteiger partial charge in [0.05, 0.1) is 5.97 Å². The largest absolute Gasteiger partial charge is 1.00 e. The molecule has 1 aromatic rings. The number of carboxylic acid groups (broad SMARTS) is 1. The third-order valence-electron chi connectivity index (χ3n) is 8.46. The number of benzene rings is 1. The summed E-state index contributed by atoms with van der Waals surface area (Å²) in [7, 11) is 0. The molecule has 5 rings (SSSR count). The molecule has 33 heavy (non-hydrogen) atoms. The monoisotopic (exact) mass is 468 g/mol. The summed E-state index contributed by atoms with van der Waals surface area (Å²) in [6, 6.07) is 5.65. The average Bonchev–Trinajstić information content (AvgIpc) is 3.08. The summed E-state index contributed by atoms with van der Waals surface area (Å²) in [5.41, 5.74) is 2.24. The molecule has 0 aromatic heterocycles. The van der Waals surface area contributed by atoms with Crippen LogP contribution in [0, 0.1) is 17.3 Å². The van der Waals surface area contributed by atoms with Gasteiger partial charge < -0.3 is 34.7 Å². The third kappa shape index (κ3) is 4.07. The van der Waals surface area contributed by atoms with Crippen LogP contribution in [0.1, 0.15) is 56.1 Å². The number of fused-ring (bicyclic) bond motifs is 5. The van der Waals surface area contributed by atoms with Crippen LogP contribution >= 0.6 is 0 Å². The quantitative estimate of drug-likeness (QED) is 0.401. The second-order valence-corrected chi connectivity index (χ2v) is 10.0. The molecular formula is C24H29NaO8. The molecule has 3 aliphatic carbocycles. The van der Waals surface area contributed by atoms with Crippen molar-refractivity contribution in [2.45, 2.75) is 82.1 Å². The first kappa shape index (κ1) is 25.1. The Morgan fingerprint density at radius 3 is 2.61 bits per heavy atom. The van der Waals surface area contributed by atoms with Crippen molar-refractivity contribution in [1.82, 2.24) is 0 Å². The Morgan fingerprint density at radius 2 is 1.88 bits per heavy atom. The standard InChI is InChI=1S/C24H30O8.Na/c1-24-9-8-14-13-5-3-12(10-11(13)2-4-15(14)16(24)6-7-17(24)25)31-23-20(28)18(26)19(27)21(32-23)22(29)30;/h3,5,10,14-16,18-21,23,26-28H,2,4,6-9H2,1H3,(H,29,30);/q;+1/p-1/t14-,15+,16-,18?,19?,20?,21?,23?,24-;/m0./s1. The first-order chi connectivity index (χ1) is 15.2. The molecule has 9 heteroatoms. The first-order valence-corrected chi connectivity index (χ1v) is 11.4. The summed E-state index contributed by atoms with van der Waals surface area (Å²) in [6.45, 7) is 2.15. The maximum atomic E-state index is 12.5. The van der Waals surface area contributed by atoms with Crippen LogP contribution < -0.4 is 39.4 Å². The first-order valence-electron chi connectivity index (χ1n) is 11.4. The van der Waals surface area contributed by atoms with Gasteiger partial charge in [-0.2, -0.15) is 0 Å². The molecule has 0 radical (unpaired) electrons. The number of carbonyl (C=O) groups excluding carboxylic acids is 2. The van der Waals surface area contributed by atoms with Gasteiger partial charge in [0.1, 0.15) is 35.9 Å². The van der Waals surface area contributed by atoms with Crippen LogP contribution in [0.15, 0.2) is 18.2 Å². The zero-order valence-corrected chi connectivity index (χ0v) is 21.0. The van der Waals surface area contributed by atoms with Crippen LogP contribution in [-0.2, 0) is 20.7 Å². The van der Waals surface area contributed by atoms with E-state index in [1.54, 1.807) is 6.07 Å². The second-order valence-electron chi connectivity index (χ2n) is 10.0. The van der Waals surface area contributed by atoms with Crippen LogP contribution in [0.2, 0.25) is 0 Å². The number of aliphatic hydroxyl groups is 3. The second kappa shape index (κ2) is 9.22. The number of Topliss-reactive ketones (excluding diaryl/α,β-unsaturated/α-hetero) is 1. The van der Waals surface area contributed by atoms with Crippen LogP contribution in [0.4, 0.5) is 0 Å². The minimum Gasteiger partial charge on any atom is -0.547 e. The van der Waals surface area contributed by atoms with Crippen molar-refractivity contribution >= 4 is 11.8 Å². The maximum Gasteiger partial charge on any atom is 1.00 e. The Kier molecular flexibility index (Phi) is 7.02. The van der Waals surface area contributed by atoms with Crippen molar-refractivity contribution in [2.24, 2.45) is 17.3 Å². The predicted molar refractivity (Wildman–Crippen MR) is 108 cm³/mol. The van der Waals surface area contributed by atoms with Crippen molar-refractivity contribution in [2.75, 3.05) is 0 Å². The van der Waals surface area contributed by atoms with Gasteiger partial charge in [-0.15, -0.1) is 0 Å². The number of aryl methyl sites for hydroxylation is 1. The minimum absolute atomic E-state index is 0. The molecule has 174 valence electrons. The topological polar surface area (TPSA) is 136 Å². The zero-order valence-electron chi connectivity index (χ0n) is 19.0. The summed E-state index contributed by atoms with van der Waals surface area (Å²) in [4.78, 5) is 23.7. The van der Waals surface area contributed by atoms with Gasteiger partial charge in [-0.05, 0) is 73.1 Å². The summed E-state index contributed by atoms with van der Waals surface area (Å²) >= 11 is 0. The summed E-state index contributed by atoms with van der Waals surface area (Å²) in [5.74, 6) is 0.477.